The predicted molar refractivity (Wildman–Crippen MR) is 83.9 cm³/mol. The van der Waals surface area contributed by atoms with Gasteiger partial charge >= 0.3 is 0 Å². The molecule has 116 valence electrons. The third-order valence-corrected chi connectivity index (χ3v) is 5.66. The molecule has 2 aliphatic carbocycles. The normalized spacial score (nSPS) is 35.5. The van der Waals surface area contributed by atoms with E-state index in [1.807, 2.05) is 0 Å². The van der Waals surface area contributed by atoms with Gasteiger partial charge in [-0.25, -0.2) is 0 Å². The van der Waals surface area contributed by atoms with Gasteiger partial charge in [0.25, 0.3) is 0 Å². The highest BCUT2D eigenvalue weighted by molar-refractivity contribution is 5.83. The largest absolute Gasteiger partial charge is 0.306 e. The van der Waals surface area contributed by atoms with E-state index >= 15 is 0 Å². The maximum absolute atomic E-state index is 12.7. The molecular weight excluding hydrogens is 248 g/mol. The van der Waals surface area contributed by atoms with Crippen molar-refractivity contribution in [1.29, 1.82) is 0 Å². The standard InChI is InChI=1S/C17H32N2O/c1-18(2)15-9-5-13(6-10-15)17(20)14-7-11-16(12-8-14)19(3)4/h13-16H,5-12H2,1-4H3. The Morgan fingerprint density at radius 3 is 1.20 bits per heavy atom. The van der Waals surface area contributed by atoms with Crippen LogP contribution >= 0.6 is 0 Å². The second kappa shape index (κ2) is 7.04. The summed E-state index contributed by atoms with van der Waals surface area (Å²) in [6.45, 7) is 0. The first-order valence-corrected chi connectivity index (χ1v) is 8.35. The molecule has 0 aliphatic heterocycles. The maximum Gasteiger partial charge on any atom is 0.139 e. The molecule has 2 fully saturated rings. The van der Waals surface area contributed by atoms with Crippen LogP contribution in [0.15, 0.2) is 0 Å². The minimum absolute atomic E-state index is 0.368. The smallest absolute Gasteiger partial charge is 0.139 e. The Labute approximate surface area is 124 Å². The van der Waals surface area contributed by atoms with Crippen molar-refractivity contribution in [3.05, 3.63) is 0 Å². The molecule has 0 N–H and O–H groups in total. The second-order valence-electron chi connectivity index (χ2n) is 7.34. The molecule has 0 aromatic heterocycles. The van der Waals surface area contributed by atoms with Gasteiger partial charge in [0.05, 0.1) is 0 Å². The van der Waals surface area contributed by atoms with E-state index in [4.69, 9.17) is 0 Å². The Morgan fingerprint density at radius 2 is 0.950 bits per heavy atom. The minimum atomic E-state index is 0.368. The predicted octanol–water partition coefficient (Wildman–Crippen LogP) is 2.80. The lowest BCUT2D eigenvalue weighted by Crippen LogP contribution is -2.38. The molecule has 20 heavy (non-hydrogen) atoms. The van der Waals surface area contributed by atoms with Gasteiger partial charge in [0.2, 0.25) is 0 Å². The van der Waals surface area contributed by atoms with Crippen LogP contribution in [0.5, 0.6) is 0 Å². The molecule has 0 atom stereocenters. The van der Waals surface area contributed by atoms with Gasteiger partial charge in [0, 0.05) is 23.9 Å². The minimum Gasteiger partial charge on any atom is -0.306 e. The van der Waals surface area contributed by atoms with E-state index in [1.54, 1.807) is 0 Å². The fourth-order valence-corrected chi connectivity index (χ4v) is 4.09. The summed E-state index contributed by atoms with van der Waals surface area (Å²) >= 11 is 0. The highest BCUT2D eigenvalue weighted by Crippen LogP contribution is 2.34. The fraction of sp³-hybridized carbons (Fsp3) is 0.941. The quantitative estimate of drug-likeness (QED) is 0.791. The van der Waals surface area contributed by atoms with Crippen LogP contribution in [-0.4, -0.2) is 55.9 Å². The van der Waals surface area contributed by atoms with Crippen molar-refractivity contribution in [3.8, 4) is 0 Å². The monoisotopic (exact) mass is 280 g/mol. The van der Waals surface area contributed by atoms with Crippen LogP contribution in [0.3, 0.4) is 0 Å². The SMILES string of the molecule is CN(C)C1CCC(C(=O)C2CCC(N(C)C)CC2)CC1. The summed E-state index contributed by atoms with van der Waals surface area (Å²) in [6, 6.07) is 1.40. The molecule has 2 rings (SSSR count). The van der Waals surface area contributed by atoms with E-state index < -0.39 is 0 Å². The molecule has 2 saturated carbocycles. The molecule has 3 heteroatoms. The lowest BCUT2D eigenvalue weighted by atomic mass is 9.74. The van der Waals surface area contributed by atoms with E-state index in [0.29, 0.717) is 29.7 Å². The van der Waals surface area contributed by atoms with Crippen LogP contribution in [0, 0.1) is 11.8 Å². The van der Waals surface area contributed by atoms with Crippen molar-refractivity contribution in [1.82, 2.24) is 9.80 Å². The molecular formula is C17H32N2O. The zero-order valence-electron chi connectivity index (χ0n) is 13.8. The molecule has 0 aromatic rings. The molecule has 0 unspecified atom stereocenters. The van der Waals surface area contributed by atoms with Crippen molar-refractivity contribution in [3.63, 3.8) is 0 Å². The van der Waals surface area contributed by atoms with Gasteiger partial charge in [0.15, 0.2) is 0 Å². The summed E-state index contributed by atoms with van der Waals surface area (Å²) in [6.07, 6.45) is 9.30. The van der Waals surface area contributed by atoms with Gasteiger partial charge in [-0.15, -0.1) is 0 Å². The summed E-state index contributed by atoms with van der Waals surface area (Å²) < 4.78 is 0. The molecule has 0 bridgehead atoms. The molecule has 3 nitrogen and oxygen atoms in total. The Hall–Kier alpha value is -0.410. The lowest BCUT2D eigenvalue weighted by Gasteiger charge is -2.36. The molecule has 0 aromatic carbocycles. The number of carbonyl (C=O) groups is 1. The van der Waals surface area contributed by atoms with E-state index in [-0.39, 0.29) is 0 Å². The molecule has 0 heterocycles. The van der Waals surface area contributed by atoms with Gasteiger partial charge in [-0.1, -0.05) is 0 Å². The van der Waals surface area contributed by atoms with Crippen LogP contribution in [0.1, 0.15) is 51.4 Å². The van der Waals surface area contributed by atoms with Crippen LogP contribution in [-0.2, 0) is 4.79 Å². The summed E-state index contributed by atoms with van der Waals surface area (Å²) in [4.78, 5) is 17.3. The molecule has 0 spiro atoms. The first-order chi connectivity index (χ1) is 9.49. The van der Waals surface area contributed by atoms with E-state index in [2.05, 4.69) is 38.0 Å². The number of carbonyl (C=O) groups excluding carboxylic acids is 1. The van der Waals surface area contributed by atoms with Crippen molar-refractivity contribution in [2.45, 2.75) is 63.5 Å². The van der Waals surface area contributed by atoms with E-state index in [1.165, 1.54) is 25.7 Å². The average Bonchev–Trinajstić information content (AvgIpc) is 2.46. The fourth-order valence-electron chi connectivity index (χ4n) is 4.09. The highest BCUT2D eigenvalue weighted by Gasteiger charge is 2.33. The first-order valence-electron chi connectivity index (χ1n) is 8.35. The van der Waals surface area contributed by atoms with Crippen LogP contribution < -0.4 is 0 Å². The van der Waals surface area contributed by atoms with Gasteiger partial charge in [-0.2, -0.15) is 0 Å². The number of nitrogens with zero attached hydrogens (tertiary/aromatic N) is 2. The Morgan fingerprint density at radius 1 is 0.650 bits per heavy atom. The van der Waals surface area contributed by atoms with Gasteiger partial charge in [-0.3, -0.25) is 4.79 Å². The molecule has 0 radical (unpaired) electrons. The number of rotatable bonds is 4. The zero-order valence-corrected chi connectivity index (χ0v) is 13.8. The van der Waals surface area contributed by atoms with Crippen LogP contribution in [0.4, 0.5) is 0 Å². The third kappa shape index (κ3) is 3.82. The Bertz CT molecular complexity index is 281. The van der Waals surface area contributed by atoms with Crippen molar-refractivity contribution >= 4 is 5.78 Å². The summed E-state index contributed by atoms with van der Waals surface area (Å²) in [5.41, 5.74) is 0. The van der Waals surface area contributed by atoms with E-state index in [9.17, 15) is 4.79 Å². The summed E-state index contributed by atoms with van der Waals surface area (Å²) in [7, 11) is 8.65. The molecule has 0 saturated heterocycles. The lowest BCUT2D eigenvalue weighted by molar-refractivity contribution is -0.129. The topological polar surface area (TPSA) is 23.6 Å². The Balaban J connectivity index is 1.79. The summed E-state index contributed by atoms with van der Waals surface area (Å²) in [5, 5.41) is 0. The Kier molecular flexibility index (Phi) is 5.62. The second-order valence-corrected chi connectivity index (χ2v) is 7.34. The average molecular weight is 280 g/mol. The number of Topliss-reactive ketones (excluding diaryl/α,β-unsaturated/α-hetero) is 1. The summed E-state index contributed by atoms with van der Waals surface area (Å²) in [5.74, 6) is 1.33. The van der Waals surface area contributed by atoms with E-state index in [0.717, 1.165) is 25.7 Å². The maximum atomic E-state index is 12.7. The van der Waals surface area contributed by atoms with Crippen molar-refractivity contribution in [2.24, 2.45) is 11.8 Å². The molecule has 0 amide bonds. The van der Waals surface area contributed by atoms with Gasteiger partial charge < -0.3 is 9.80 Å². The first kappa shape index (κ1) is 16.0. The van der Waals surface area contributed by atoms with Crippen molar-refractivity contribution in [2.75, 3.05) is 28.2 Å². The number of ketones is 1. The third-order valence-electron chi connectivity index (χ3n) is 5.66. The highest BCUT2D eigenvalue weighted by atomic mass is 16.1. The van der Waals surface area contributed by atoms with Gasteiger partial charge in [0.1, 0.15) is 5.78 Å². The van der Waals surface area contributed by atoms with Gasteiger partial charge in [-0.05, 0) is 79.6 Å². The number of hydrogen-bond acceptors (Lipinski definition) is 3. The van der Waals surface area contributed by atoms with Crippen LogP contribution in [0.2, 0.25) is 0 Å². The molecule has 2 aliphatic rings. The number of hydrogen-bond donors (Lipinski definition) is 0. The van der Waals surface area contributed by atoms with Crippen molar-refractivity contribution < 1.29 is 4.79 Å². The van der Waals surface area contributed by atoms with Crippen LogP contribution in [0.25, 0.3) is 0 Å². The zero-order chi connectivity index (χ0) is 14.7.